The molecule has 9 heteroatoms. The minimum absolute atomic E-state index is 0.146. The summed E-state index contributed by atoms with van der Waals surface area (Å²) in [6, 6.07) is 18.3. The summed E-state index contributed by atoms with van der Waals surface area (Å²) in [5, 5.41) is 6.81. The van der Waals surface area contributed by atoms with Gasteiger partial charge in [-0.05, 0) is 49.7 Å². The number of anilines is 1. The first-order valence-corrected chi connectivity index (χ1v) is 12.1. The minimum atomic E-state index is -0.436. The average Bonchev–Trinajstić information content (AvgIpc) is 3.36. The van der Waals surface area contributed by atoms with Crippen LogP contribution in [-0.2, 0) is 16.0 Å². The van der Waals surface area contributed by atoms with Gasteiger partial charge in [-0.1, -0.05) is 35.0 Å². The van der Waals surface area contributed by atoms with E-state index in [9.17, 15) is 9.59 Å². The molecule has 178 valence electrons. The van der Waals surface area contributed by atoms with Crippen molar-refractivity contribution in [3.05, 3.63) is 90.1 Å². The molecule has 0 aliphatic carbocycles. The van der Waals surface area contributed by atoms with Gasteiger partial charge in [-0.3, -0.25) is 9.78 Å². The highest BCUT2D eigenvalue weighted by Crippen LogP contribution is 2.24. The lowest BCUT2D eigenvalue weighted by Gasteiger charge is -2.10. The van der Waals surface area contributed by atoms with Gasteiger partial charge in [0.1, 0.15) is 0 Å². The Kier molecular flexibility index (Phi) is 8.24. The molecule has 0 unspecified atom stereocenters. The molecular formula is C26H24N4O4S. The maximum Gasteiger partial charge on any atom is 0.339 e. The lowest BCUT2D eigenvalue weighted by Crippen LogP contribution is -2.14. The first kappa shape index (κ1) is 24.2. The Balaban J connectivity index is 1.24. The third-order valence-corrected chi connectivity index (χ3v) is 6.03. The minimum Gasteiger partial charge on any atom is -0.462 e. The van der Waals surface area contributed by atoms with Gasteiger partial charge in [-0.25, -0.2) is 4.79 Å². The third kappa shape index (κ3) is 7.00. The van der Waals surface area contributed by atoms with Crippen molar-refractivity contribution in [1.29, 1.82) is 0 Å². The first-order chi connectivity index (χ1) is 17.1. The number of thioether (sulfide) groups is 1. The van der Waals surface area contributed by atoms with Crippen LogP contribution in [-0.4, -0.2) is 39.4 Å². The van der Waals surface area contributed by atoms with Crippen LogP contribution in [0.2, 0.25) is 0 Å². The van der Waals surface area contributed by atoms with Crippen molar-refractivity contribution in [3.8, 4) is 11.4 Å². The summed E-state index contributed by atoms with van der Waals surface area (Å²) in [5.74, 6) is 0.535. The molecule has 0 fully saturated rings. The molecule has 8 nitrogen and oxygen atoms in total. The zero-order chi connectivity index (χ0) is 24.5. The number of nitrogens with one attached hydrogen (secondary N) is 1. The summed E-state index contributed by atoms with van der Waals surface area (Å²) in [4.78, 5) is 34.0. The largest absolute Gasteiger partial charge is 0.462 e. The van der Waals surface area contributed by atoms with Gasteiger partial charge in [0.25, 0.3) is 0 Å². The Labute approximate surface area is 207 Å². The molecule has 1 amide bonds. The van der Waals surface area contributed by atoms with Gasteiger partial charge in [-0.15, -0.1) is 11.8 Å². The van der Waals surface area contributed by atoms with Gasteiger partial charge in [0, 0.05) is 35.0 Å². The van der Waals surface area contributed by atoms with Crippen molar-refractivity contribution in [2.75, 3.05) is 17.7 Å². The third-order valence-electron chi connectivity index (χ3n) is 4.96. The van der Waals surface area contributed by atoms with E-state index in [-0.39, 0.29) is 18.3 Å². The van der Waals surface area contributed by atoms with E-state index in [2.05, 4.69) is 20.4 Å². The van der Waals surface area contributed by atoms with Crippen molar-refractivity contribution in [2.24, 2.45) is 0 Å². The Bertz CT molecular complexity index is 1280. The second kappa shape index (κ2) is 11.9. The van der Waals surface area contributed by atoms with Crippen LogP contribution < -0.4 is 5.32 Å². The maximum absolute atomic E-state index is 12.6. The Hall–Kier alpha value is -3.98. The highest BCUT2D eigenvalue weighted by molar-refractivity contribution is 8.00. The molecule has 1 N–H and O–H groups in total. The molecule has 0 aliphatic rings. The number of hydrogen-bond donors (Lipinski definition) is 1. The average molecular weight is 489 g/mol. The van der Waals surface area contributed by atoms with Crippen molar-refractivity contribution >= 4 is 29.3 Å². The predicted molar refractivity (Wildman–Crippen MR) is 133 cm³/mol. The fourth-order valence-electron chi connectivity index (χ4n) is 3.17. The van der Waals surface area contributed by atoms with Crippen molar-refractivity contribution < 1.29 is 18.8 Å². The molecule has 0 saturated carbocycles. The number of esters is 1. The van der Waals surface area contributed by atoms with Crippen LogP contribution in [0.25, 0.3) is 11.4 Å². The molecule has 0 spiro atoms. The summed E-state index contributed by atoms with van der Waals surface area (Å²) >= 11 is 1.29. The highest BCUT2D eigenvalue weighted by Gasteiger charge is 2.15. The van der Waals surface area contributed by atoms with Crippen LogP contribution in [0.1, 0.15) is 28.2 Å². The molecule has 0 saturated heterocycles. The highest BCUT2D eigenvalue weighted by atomic mass is 32.2. The SMILES string of the molecule is Cc1ccc(NC(=O)CSc2ccccc2C(=O)OCCCc2nc(-c3cccnc3)no2)cc1. The summed E-state index contributed by atoms with van der Waals surface area (Å²) in [5.41, 5.74) is 3.06. The summed E-state index contributed by atoms with van der Waals surface area (Å²) in [6.07, 6.45) is 4.36. The topological polar surface area (TPSA) is 107 Å². The molecule has 2 aromatic carbocycles. The van der Waals surface area contributed by atoms with Gasteiger partial charge in [0.05, 0.1) is 17.9 Å². The molecule has 2 aromatic heterocycles. The number of pyridine rings is 1. The molecule has 0 bridgehead atoms. The number of amides is 1. The summed E-state index contributed by atoms with van der Waals surface area (Å²) in [7, 11) is 0. The number of rotatable bonds is 10. The van der Waals surface area contributed by atoms with Crippen molar-refractivity contribution in [2.45, 2.75) is 24.7 Å². The van der Waals surface area contributed by atoms with Crippen molar-refractivity contribution in [3.63, 3.8) is 0 Å². The number of carbonyl (C=O) groups excluding carboxylic acids is 2. The smallest absolute Gasteiger partial charge is 0.339 e. The molecule has 4 aromatic rings. The quantitative estimate of drug-likeness (QED) is 0.190. The van der Waals surface area contributed by atoms with E-state index in [1.807, 2.05) is 43.3 Å². The van der Waals surface area contributed by atoms with Crippen LogP contribution >= 0.6 is 11.8 Å². The van der Waals surface area contributed by atoms with E-state index in [4.69, 9.17) is 9.26 Å². The number of benzene rings is 2. The lowest BCUT2D eigenvalue weighted by molar-refractivity contribution is -0.113. The Morgan fingerprint density at radius 2 is 1.89 bits per heavy atom. The van der Waals surface area contributed by atoms with Gasteiger partial charge in [0.15, 0.2) is 0 Å². The number of aromatic nitrogens is 3. The van der Waals surface area contributed by atoms with Crippen LogP contribution in [0.4, 0.5) is 5.69 Å². The van der Waals surface area contributed by atoms with Crippen LogP contribution in [0.5, 0.6) is 0 Å². The van der Waals surface area contributed by atoms with Crippen LogP contribution in [0, 0.1) is 6.92 Å². The van der Waals surface area contributed by atoms with E-state index >= 15 is 0 Å². The van der Waals surface area contributed by atoms with E-state index in [0.717, 1.165) is 16.8 Å². The number of carbonyl (C=O) groups is 2. The van der Waals surface area contributed by atoms with Crippen LogP contribution in [0.15, 0.2) is 82.5 Å². The van der Waals surface area contributed by atoms with E-state index in [1.54, 1.807) is 36.7 Å². The zero-order valence-electron chi connectivity index (χ0n) is 19.1. The standard InChI is InChI=1S/C26H24N4O4S/c1-18-10-12-20(13-11-18)28-23(31)17-35-22-8-3-2-7-21(22)26(32)33-15-5-9-24-29-25(30-34-24)19-6-4-14-27-16-19/h2-4,6-8,10-14,16H,5,9,15,17H2,1H3,(H,28,31). The second-order valence-corrected chi connectivity index (χ2v) is 8.71. The van der Waals surface area contributed by atoms with Gasteiger partial charge < -0.3 is 14.6 Å². The second-order valence-electron chi connectivity index (χ2n) is 7.69. The fraction of sp³-hybridized carbons (Fsp3) is 0.192. The number of aryl methyl sites for hydroxylation is 2. The molecule has 35 heavy (non-hydrogen) atoms. The molecule has 2 heterocycles. The monoisotopic (exact) mass is 488 g/mol. The number of hydrogen-bond acceptors (Lipinski definition) is 8. The lowest BCUT2D eigenvalue weighted by atomic mass is 10.2. The molecule has 0 aliphatic heterocycles. The van der Waals surface area contributed by atoms with Gasteiger partial charge in [0.2, 0.25) is 17.6 Å². The van der Waals surface area contributed by atoms with Gasteiger partial charge in [-0.2, -0.15) is 4.98 Å². The van der Waals surface area contributed by atoms with Gasteiger partial charge >= 0.3 is 5.97 Å². The summed E-state index contributed by atoms with van der Waals surface area (Å²) < 4.78 is 10.7. The molecule has 0 atom stereocenters. The zero-order valence-corrected chi connectivity index (χ0v) is 20.0. The normalized spacial score (nSPS) is 10.7. The fourth-order valence-corrected chi connectivity index (χ4v) is 4.01. The number of ether oxygens (including phenoxy) is 1. The maximum atomic E-state index is 12.6. The van der Waals surface area contributed by atoms with E-state index in [1.165, 1.54) is 11.8 Å². The number of nitrogens with zero attached hydrogens (tertiary/aromatic N) is 3. The molecular weight excluding hydrogens is 464 g/mol. The van der Waals surface area contributed by atoms with E-state index in [0.29, 0.717) is 35.0 Å². The Morgan fingerprint density at radius 3 is 2.69 bits per heavy atom. The molecule has 0 radical (unpaired) electrons. The van der Waals surface area contributed by atoms with Crippen molar-refractivity contribution in [1.82, 2.24) is 15.1 Å². The predicted octanol–water partition coefficient (Wildman–Crippen LogP) is 4.96. The summed E-state index contributed by atoms with van der Waals surface area (Å²) in [6.45, 7) is 2.19. The first-order valence-electron chi connectivity index (χ1n) is 11.1. The van der Waals surface area contributed by atoms with Crippen LogP contribution in [0.3, 0.4) is 0 Å². The molecule has 4 rings (SSSR count). The Morgan fingerprint density at radius 1 is 1.06 bits per heavy atom. The van der Waals surface area contributed by atoms with E-state index < -0.39 is 5.97 Å².